The van der Waals surface area contributed by atoms with Gasteiger partial charge >= 0.3 is 0 Å². The summed E-state index contributed by atoms with van der Waals surface area (Å²) in [5.74, 6) is 0.497. The number of aliphatic hydroxyl groups is 1. The molecular weight excluding hydrogens is 272 g/mol. The number of nitrogens with one attached hydrogen (secondary N) is 1. The molecule has 0 aliphatic heterocycles. The number of carbonyl (C=O) groups excluding carboxylic acids is 1. The van der Waals surface area contributed by atoms with Crippen LogP contribution in [-0.4, -0.2) is 22.8 Å². The summed E-state index contributed by atoms with van der Waals surface area (Å²) in [6.45, 7) is 3.88. The topological polar surface area (TPSA) is 88.5 Å². The Labute approximate surface area is 123 Å². The Balaban J connectivity index is 2.06. The van der Waals surface area contributed by atoms with Crippen molar-refractivity contribution < 1.29 is 18.8 Å². The predicted octanol–water partition coefficient (Wildman–Crippen LogP) is 2.63. The molecule has 0 bridgehead atoms. The molecular formula is C15H20N2O4. The summed E-state index contributed by atoms with van der Waals surface area (Å²) in [5, 5.41) is 16.0. The lowest BCUT2D eigenvalue weighted by atomic mass is 9.99. The molecule has 0 aromatic carbocycles. The number of carbonyl (C=O) groups is 1. The van der Waals surface area contributed by atoms with Crippen molar-refractivity contribution in [3.05, 3.63) is 41.7 Å². The average Bonchev–Trinajstić information content (AvgIpc) is 3.17. The highest BCUT2D eigenvalue weighted by molar-refractivity contribution is 5.91. The van der Waals surface area contributed by atoms with Crippen LogP contribution >= 0.6 is 0 Å². The highest BCUT2D eigenvalue weighted by Crippen LogP contribution is 2.22. The van der Waals surface area contributed by atoms with Crippen molar-refractivity contribution in [1.29, 1.82) is 0 Å². The van der Waals surface area contributed by atoms with Gasteiger partial charge in [-0.2, -0.15) is 0 Å². The summed E-state index contributed by atoms with van der Waals surface area (Å²) in [7, 11) is 0. The third-order valence-electron chi connectivity index (χ3n) is 3.53. The molecule has 0 saturated heterocycles. The summed E-state index contributed by atoms with van der Waals surface area (Å²) in [4.78, 5) is 12.1. The first-order chi connectivity index (χ1) is 10.2. The van der Waals surface area contributed by atoms with Gasteiger partial charge in [0.1, 0.15) is 11.8 Å². The predicted molar refractivity (Wildman–Crippen MR) is 75.8 cm³/mol. The van der Waals surface area contributed by atoms with Crippen molar-refractivity contribution in [2.45, 2.75) is 38.6 Å². The number of aromatic nitrogens is 1. The van der Waals surface area contributed by atoms with Crippen LogP contribution in [0.15, 0.2) is 33.4 Å². The van der Waals surface area contributed by atoms with Gasteiger partial charge in [0.15, 0.2) is 0 Å². The van der Waals surface area contributed by atoms with E-state index in [1.54, 1.807) is 18.2 Å². The van der Waals surface area contributed by atoms with Gasteiger partial charge in [-0.3, -0.25) is 4.79 Å². The Morgan fingerprint density at radius 2 is 2.19 bits per heavy atom. The van der Waals surface area contributed by atoms with Crippen molar-refractivity contribution in [3.8, 4) is 0 Å². The molecule has 6 heteroatoms. The Morgan fingerprint density at radius 3 is 2.76 bits per heavy atom. The van der Waals surface area contributed by atoms with Crippen LogP contribution in [-0.2, 0) is 0 Å². The van der Waals surface area contributed by atoms with E-state index < -0.39 is 11.9 Å². The van der Waals surface area contributed by atoms with Gasteiger partial charge in [-0.25, -0.2) is 0 Å². The van der Waals surface area contributed by atoms with Crippen LogP contribution in [0.25, 0.3) is 0 Å². The van der Waals surface area contributed by atoms with Crippen LogP contribution in [0.5, 0.6) is 0 Å². The van der Waals surface area contributed by atoms with Crippen molar-refractivity contribution in [3.63, 3.8) is 0 Å². The third-order valence-corrected chi connectivity index (χ3v) is 3.53. The fraction of sp³-hybridized carbons (Fsp3) is 0.467. The maximum absolute atomic E-state index is 12.1. The molecule has 0 saturated carbocycles. The lowest BCUT2D eigenvalue weighted by Gasteiger charge is -2.12. The van der Waals surface area contributed by atoms with E-state index in [0.29, 0.717) is 5.76 Å². The fourth-order valence-electron chi connectivity index (χ4n) is 2.22. The minimum Gasteiger partial charge on any atom is -0.467 e. The van der Waals surface area contributed by atoms with E-state index in [9.17, 15) is 9.90 Å². The summed E-state index contributed by atoms with van der Waals surface area (Å²) in [5.41, 5.74) is 0.781. The lowest BCUT2D eigenvalue weighted by Crippen LogP contribution is -2.30. The van der Waals surface area contributed by atoms with Crippen molar-refractivity contribution in [2.75, 3.05) is 6.61 Å². The van der Waals surface area contributed by atoms with E-state index in [4.69, 9.17) is 8.94 Å². The first-order valence-electron chi connectivity index (χ1n) is 7.11. The van der Waals surface area contributed by atoms with E-state index in [1.807, 2.05) is 0 Å². The van der Waals surface area contributed by atoms with Crippen molar-refractivity contribution >= 4 is 5.91 Å². The highest BCUT2D eigenvalue weighted by atomic mass is 16.5. The van der Waals surface area contributed by atoms with Gasteiger partial charge in [0, 0.05) is 12.0 Å². The van der Waals surface area contributed by atoms with Crippen molar-refractivity contribution in [1.82, 2.24) is 10.5 Å². The Hall–Kier alpha value is -2.08. The van der Waals surface area contributed by atoms with Crippen LogP contribution in [0.2, 0.25) is 0 Å². The molecule has 2 aromatic rings. The number of rotatable bonds is 7. The minimum atomic E-state index is -0.603. The van der Waals surface area contributed by atoms with E-state index in [2.05, 4.69) is 24.3 Å². The molecule has 1 amide bonds. The van der Waals surface area contributed by atoms with E-state index in [1.165, 1.54) is 6.26 Å². The van der Waals surface area contributed by atoms with Crippen LogP contribution in [0.1, 0.15) is 60.7 Å². The van der Waals surface area contributed by atoms with Gasteiger partial charge in [-0.05, 0) is 25.0 Å². The second-order valence-corrected chi connectivity index (χ2v) is 4.85. The second-order valence-electron chi connectivity index (χ2n) is 4.85. The summed E-state index contributed by atoms with van der Waals surface area (Å²) >= 11 is 0. The third kappa shape index (κ3) is 3.52. The SMILES string of the molecule is CCC(CC)c1cc(C(=O)NC(CO)c2ccco2)on1. The zero-order valence-electron chi connectivity index (χ0n) is 12.2. The number of nitrogens with zero attached hydrogens (tertiary/aromatic N) is 1. The molecule has 114 valence electrons. The quantitative estimate of drug-likeness (QED) is 0.819. The molecule has 1 atom stereocenters. The molecule has 1 unspecified atom stereocenters. The van der Waals surface area contributed by atoms with Crippen LogP contribution in [0.3, 0.4) is 0 Å². The minimum absolute atomic E-state index is 0.141. The molecule has 2 heterocycles. The van der Waals surface area contributed by atoms with Gasteiger partial charge in [0.25, 0.3) is 5.91 Å². The fourth-order valence-corrected chi connectivity index (χ4v) is 2.22. The van der Waals surface area contributed by atoms with Crippen LogP contribution in [0, 0.1) is 0 Å². The smallest absolute Gasteiger partial charge is 0.290 e. The number of aliphatic hydroxyl groups excluding tert-OH is 1. The van der Waals surface area contributed by atoms with E-state index in [-0.39, 0.29) is 18.3 Å². The van der Waals surface area contributed by atoms with Crippen LogP contribution in [0.4, 0.5) is 0 Å². The van der Waals surface area contributed by atoms with E-state index >= 15 is 0 Å². The molecule has 0 aliphatic carbocycles. The van der Waals surface area contributed by atoms with Gasteiger partial charge in [-0.15, -0.1) is 0 Å². The average molecular weight is 292 g/mol. The molecule has 0 fully saturated rings. The number of hydrogen-bond acceptors (Lipinski definition) is 5. The zero-order valence-corrected chi connectivity index (χ0v) is 12.2. The Kier molecular flexibility index (Phi) is 5.16. The molecule has 0 aliphatic rings. The van der Waals surface area contributed by atoms with Gasteiger partial charge in [0.2, 0.25) is 5.76 Å². The zero-order chi connectivity index (χ0) is 15.2. The Morgan fingerprint density at radius 1 is 1.43 bits per heavy atom. The summed E-state index contributed by atoms with van der Waals surface area (Å²) in [6.07, 6.45) is 3.37. The van der Waals surface area contributed by atoms with E-state index in [0.717, 1.165) is 18.5 Å². The first-order valence-corrected chi connectivity index (χ1v) is 7.11. The molecule has 2 rings (SSSR count). The molecule has 0 spiro atoms. The largest absolute Gasteiger partial charge is 0.467 e. The van der Waals surface area contributed by atoms with Gasteiger partial charge in [-0.1, -0.05) is 19.0 Å². The monoisotopic (exact) mass is 292 g/mol. The first kappa shape index (κ1) is 15.3. The number of furan rings is 1. The lowest BCUT2D eigenvalue weighted by molar-refractivity contribution is 0.0870. The maximum atomic E-state index is 12.1. The molecule has 21 heavy (non-hydrogen) atoms. The molecule has 6 nitrogen and oxygen atoms in total. The van der Waals surface area contributed by atoms with Crippen molar-refractivity contribution in [2.24, 2.45) is 0 Å². The number of amides is 1. The number of hydrogen-bond donors (Lipinski definition) is 2. The summed E-state index contributed by atoms with van der Waals surface area (Å²) in [6, 6.07) is 4.44. The summed E-state index contributed by atoms with van der Waals surface area (Å²) < 4.78 is 10.3. The Bertz CT molecular complexity index is 558. The molecule has 2 N–H and O–H groups in total. The standard InChI is InChI=1S/C15H20N2O4/c1-3-10(4-2)11-8-14(21-17-11)15(19)16-12(9-18)13-6-5-7-20-13/h5-8,10,12,18H,3-4,9H2,1-2H3,(H,16,19). The van der Waals surface area contributed by atoms with Gasteiger partial charge < -0.3 is 19.4 Å². The van der Waals surface area contributed by atoms with Gasteiger partial charge in [0.05, 0.1) is 18.6 Å². The molecule has 0 radical (unpaired) electrons. The maximum Gasteiger partial charge on any atom is 0.290 e. The normalized spacial score (nSPS) is 12.6. The van der Waals surface area contributed by atoms with Crippen LogP contribution < -0.4 is 5.32 Å². The highest BCUT2D eigenvalue weighted by Gasteiger charge is 2.21. The molecule has 2 aromatic heterocycles. The second kappa shape index (κ2) is 7.08.